The van der Waals surface area contributed by atoms with Crippen LogP contribution in [0.25, 0.3) is 0 Å². The van der Waals surface area contributed by atoms with Crippen LogP contribution >= 0.6 is 12.4 Å². The van der Waals surface area contributed by atoms with E-state index in [1.54, 1.807) is 0 Å². The zero-order chi connectivity index (χ0) is 13.7. The number of amides is 2. The Morgan fingerprint density at radius 1 is 1.40 bits per heavy atom. The summed E-state index contributed by atoms with van der Waals surface area (Å²) in [6, 6.07) is 9.13. The van der Waals surface area contributed by atoms with Crippen LogP contribution in [0.1, 0.15) is 18.4 Å². The molecule has 2 rings (SSSR count). The Hall–Kier alpha value is -1.59. The Kier molecular flexibility index (Phi) is 6.48. The number of carbonyl (C=O) groups excluding carboxylic acids is 2. The number of rotatable bonds is 4. The van der Waals surface area contributed by atoms with Crippen LogP contribution in [0.15, 0.2) is 30.3 Å². The predicted molar refractivity (Wildman–Crippen MR) is 79.5 cm³/mol. The van der Waals surface area contributed by atoms with Crippen LogP contribution in [0, 0.1) is 0 Å². The van der Waals surface area contributed by atoms with Gasteiger partial charge in [-0.15, -0.1) is 12.4 Å². The summed E-state index contributed by atoms with van der Waals surface area (Å²) in [5.41, 5.74) is 6.94. The molecule has 1 saturated heterocycles. The van der Waals surface area contributed by atoms with Gasteiger partial charge >= 0.3 is 0 Å². The quantitative estimate of drug-likeness (QED) is 0.751. The van der Waals surface area contributed by atoms with Crippen LogP contribution in [-0.4, -0.2) is 30.4 Å². The molecule has 1 aliphatic heterocycles. The van der Waals surface area contributed by atoms with Crippen LogP contribution in [0.4, 0.5) is 0 Å². The van der Waals surface area contributed by atoms with Crippen molar-refractivity contribution in [2.24, 2.45) is 5.73 Å². The summed E-state index contributed by atoms with van der Waals surface area (Å²) in [4.78, 5) is 23.0. The summed E-state index contributed by atoms with van der Waals surface area (Å²) >= 11 is 0. The predicted octanol–water partition coefficient (Wildman–Crippen LogP) is 0.373. The molecule has 1 heterocycles. The van der Waals surface area contributed by atoms with Crippen LogP contribution in [-0.2, 0) is 16.0 Å². The topological polar surface area (TPSA) is 84.2 Å². The maximum absolute atomic E-state index is 11.9. The Bertz CT molecular complexity index is 443. The fraction of sp³-hybridized carbons (Fsp3) is 0.429. The molecule has 0 aliphatic carbocycles. The van der Waals surface area contributed by atoms with Crippen molar-refractivity contribution in [3.05, 3.63) is 35.9 Å². The van der Waals surface area contributed by atoms with Gasteiger partial charge in [-0.1, -0.05) is 30.3 Å². The monoisotopic (exact) mass is 297 g/mol. The second-order valence-electron chi connectivity index (χ2n) is 4.84. The zero-order valence-electron chi connectivity index (χ0n) is 11.2. The van der Waals surface area contributed by atoms with Crippen molar-refractivity contribution in [2.75, 3.05) is 6.54 Å². The molecule has 110 valence electrons. The van der Waals surface area contributed by atoms with E-state index in [0.717, 1.165) is 5.56 Å². The lowest BCUT2D eigenvalue weighted by atomic mass is 10.0. The Labute approximate surface area is 124 Å². The van der Waals surface area contributed by atoms with Gasteiger partial charge in [-0.3, -0.25) is 9.59 Å². The molecule has 0 bridgehead atoms. The van der Waals surface area contributed by atoms with Crippen molar-refractivity contribution >= 4 is 24.2 Å². The molecule has 1 aliphatic rings. The van der Waals surface area contributed by atoms with Gasteiger partial charge in [0.05, 0.1) is 6.04 Å². The van der Waals surface area contributed by atoms with E-state index in [9.17, 15) is 9.59 Å². The third-order valence-corrected chi connectivity index (χ3v) is 3.25. The van der Waals surface area contributed by atoms with E-state index in [1.807, 2.05) is 30.3 Å². The number of hydrogen-bond donors (Lipinski definition) is 3. The number of hydrogen-bond acceptors (Lipinski definition) is 3. The van der Waals surface area contributed by atoms with Crippen molar-refractivity contribution in [3.63, 3.8) is 0 Å². The minimum absolute atomic E-state index is 0. The molecule has 1 aromatic carbocycles. The minimum atomic E-state index is -0.556. The van der Waals surface area contributed by atoms with E-state index < -0.39 is 6.04 Å². The van der Waals surface area contributed by atoms with E-state index in [1.165, 1.54) is 0 Å². The van der Waals surface area contributed by atoms with E-state index in [4.69, 9.17) is 5.73 Å². The van der Waals surface area contributed by atoms with Crippen LogP contribution in [0.3, 0.4) is 0 Å². The first-order valence-corrected chi connectivity index (χ1v) is 6.52. The number of nitrogens with one attached hydrogen (secondary N) is 2. The first-order valence-electron chi connectivity index (χ1n) is 6.52. The fourth-order valence-electron chi connectivity index (χ4n) is 2.12. The third kappa shape index (κ3) is 4.83. The molecule has 0 saturated carbocycles. The van der Waals surface area contributed by atoms with Crippen LogP contribution < -0.4 is 16.4 Å². The first-order chi connectivity index (χ1) is 9.15. The average Bonchev–Trinajstić information content (AvgIpc) is 2.42. The Balaban J connectivity index is 0.00000200. The molecule has 5 nitrogen and oxygen atoms in total. The van der Waals surface area contributed by atoms with Crippen molar-refractivity contribution in [3.8, 4) is 0 Å². The molecule has 0 spiro atoms. The highest BCUT2D eigenvalue weighted by molar-refractivity contribution is 5.85. The zero-order valence-corrected chi connectivity index (χ0v) is 12.0. The largest absolute Gasteiger partial charge is 0.354 e. The van der Waals surface area contributed by atoms with Gasteiger partial charge in [0.1, 0.15) is 0 Å². The molecule has 1 unspecified atom stereocenters. The molecule has 4 N–H and O–H groups in total. The molecule has 2 amide bonds. The smallest absolute Gasteiger partial charge is 0.237 e. The molecule has 6 heteroatoms. The molecule has 1 fully saturated rings. The van der Waals surface area contributed by atoms with Gasteiger partial charge in [0, 0.05) is 19.0 Å². The summed E-state index contributed by atoms with van der Waals surface area (Å²) in [6.07, 6.45) is 1.65. The summed E-state index contributed by atoms with van der Waals surface area (Å²) in [7, 11) is 0. The molecular formula is C14H20ClN3O2. The first kappa shape index (κ1) is 16.5. The van der Waals surface area contributed by atoms with Crippen molar-refractivity contribution in [1.82, 2.24) is 10.6 Å². The highest BCUT2D eigenvalue weighted by atomic mass is 35.5. The van der Waals surface area contributed by atoms with Gasteiger partial charge in [-0.25, -0.2) is 0 Å². The van der Waals surface area contributed by atoms with E-state index >= 15 is 0 Å². The molecule has 20 heavy (non-hydrogen) atoms. The molecular weight excluding hydrogens is 278 g/mol. The summed E-state index contributed by atoms with van der Waals surface area (Å²) in [5.74, 6) is -0.121. The summed E-state index contributed by atoms with van der Waals surface area (Å²) in [6.45, 7) is 0.489. The van der Waals surface area contributed by atoms with Crippen LogP contribution in [0.2, 0.25) is 0 Å². The second kappa shape index (κ2) is 7.87. The standard InChI is InChI=1S/C14H19N3O2.ClH/c15-12(8-10-4-2-1-3-5-10)14(19)17-11-6-7-13(18)16-9-11;/h1-5,11-12H,6-9,15H2,(H,16,18)(H,17,19);1H/t11?,12-;/m0./s1. The van der Waals surface area contributed by atoms with Gasteiger partial charge in [0.25, 0.3) is 0 Å². The number of nitrogens with two attached hydrogens (primary N) is 1. The number of piperidine rings is 1. The van der Waals surface area contributed by atoms with Gasteiger partial charge in [0.15, 0.2) is 0 Å². The van der Waals surface area contributed by atoms with Gasteiger partial charge in [0.2, 0.25) is 11.8 Å². The lowest BCUT2D eigenvalue weighted by Gasteiger charge is -2.24. The Morgan fingerprint density at radius 2 is 2.10 bits per heavy atom. The van der Waals surface area contributed by atoms with Crippen molar-refractivity contribution < 1.29 is 9.59 Å². The highest BCUT2D eigenvalue weighted by Crippen LogP contribution is 2.05. The van der Waals surface area contributed by atoms with E-state index in [-0.39, 0.29) is 30.3 Å². The molecule has 0 radical (unpaired) electrons. The second-order valence-corrected chi connectivity index (χ2v) is 4.84. The minimum Gasteiger partial charge on any atom is -0.354 e. The van der Waals surface area contributed by atoms with Crippen molar-refractivity contribution in [2.45, 2.75) is 31.3 Å². The average molecular weight is 298 g/mol. The van der Waals surface area contributed by atoms with Gasteiger partial charge < -0.3 is 16.4 Å². The number of carbonyl (C=O) groups is 2. The third-order valence-electron chi connectivity index (χ3n) is 3.25. The Morgan fingerprint density at radius 3 is 2.70 bits per heavy atom. The van der Waals surface area contributed by atoms with Gasteiger partial charge in [-0.2, -0.15) is 0 Å². The van der Waals surface area contributed by atoms with E-state index in [0.29, 0.717) is 25.8 Å². The normalized spacial score (nSPS) is 19.4. The molecule has 1 aromatic rings. The maximum Gasteiger partial charge on any atom is 0.237 e. The number of halogens is 1. The lowest BCUT2D eigenvalue weighted by molar-refractivity contribution is -0.126. The molecule has 0 aromatic heterocycles. The van der Waals surface area contributed by atoms with E-state index in [2.05, 4.69) is 10.6 Å². The highest BCUT2D eigenvalue weighted by Gasteiger charge is 2.22. The van der Waals surface area contributed by atoms with Gasteiger partial charge in [-0.05, 0) is 18.4 Å². The van der Waals surface area contributed by atoms with Crippen molar-refractivity contribution in [1.29, 1.82) is 0 Å². The maximum atomic E-state index is 11.9. The fourth-order valence-corrected chi connectivity index (χ4v) is 2.12. The molecule has 2 atom stereocenters. The summed E-state index contributed by atoms with van der Waals surface area (Å²) in [5, 5.41) is 5.61. The van der Waals surface area contributed by atoms with Crippen LogP contribution in [0.5, 0.6) is 0 Å². The SMILES string of the molecule is Cl.N[C@@H](Cc1ccccc1)C(=O)NC1CCC(=O)NC1. The number of benzene rings is 1. The lowest BCUT2D eigenvalue weighted by Crippen LogP contribution is -2.52. The summed E-state index contributed by atoms with van der Waals surface area (Å²) < 4.78 is 0.